The van der Waals surface area contributed by atoms with Crippen LogP contribution >= 0.6 is 0 Å². The Hall–Kier alpha value is -3.85. The molecule has 0 heterocycles. The highest BCUT2D eigenvalue weighted by molar-refractivity contribution is 7.92. The molecule has 0 fully saturated rings. The lowest BCUT2D eigenvalue weighted by Gasteiger charge is -2.21. The van der Waals surface area contributed by atoms with Crippen molar-refractivity contribution < 1.29 is 22.7 Å². The van der Waals surface area contributed by atoms with Crippen LogP contribution in [0.4, 0.5) is 5.69 Å². The molecule has 0 saturated carbocycles. The van der Waals surface area contributed by atoms with Crippen molar-refractivity contribution in [1.29, 1.82) is 0 Å². The third-order valence-electron chi connectivity index (χ3n) is 5.11. The first-order valence-corrected chi connectivity index (χ1v) is 12.2. The van der Waals surface area contributed by atoms with E-state index in [0.29, 0.717) is 18.8 Å². The number of para-hydroxylation sites is 2. The Labute approximate surface area is 199 Å². The van der Waals surface area contributed by atoms with Crippen LogP contribution in [0.5, 0.6) is 5.75 Å². The molecule has 0 radical (unpaired) electrons. The molecule has 178 valence electrons. The summed E-state index contributed by atoms with van der Waals surface area (Å²) in [7, 11) is -2.53. The maximum Gasteiger partial charge on any atom is 0.262 e. The lowest BCUT2D eigenvalue weighted by atomic mass is 10.2. The van der Waals surface area contributed by atoms with Crippen LogP contribution in [-0.4, -0.2) is 45.3 Å². The summed E-state index contributed by atoms with van der Waals surface area (Å²) >= 11 is 0. The van der Waals surface area contributed by atoms with E-state index in [1.165, 1.54) is 31.4 Å². The Kier molecular flexibility index (Phi) is 8.26. The van der Waals surface area contributed by atoms with Crippen LogP contribution in [0.2, 0.25) is 0 Å². The number of amides is 2. The molecule has 0 saturated heterocycles. The second-order valence-corrected chi connectivity index (χ2v) is 9.09. The molecule has 3 aromatic carbocycles. The number of benzene rings is 3. The van der Waals surface area contributed by atoms with Crippen LogP contribution in [0.1, 0.15) is 22.8 Å². The number of hydrogen-bond acceptors (Lipinski definition) is 5. The van der Waals surface area contributed by atoms with Gasteiger partial charge in [0.05, 0.1) is 24.2 Å². The molecule has 3 rings (SSSR count). The van der Waals surface area contributed by atoms with E-state index in [-0.39, 0.29) is 28.6 Å². The van der Waals surface area contributed by atoms with Gasteiger partial charge in [0.15, 0.2) is 0 Å². The van der Waals surface area contributed by atoms with E-state index in [4.69, 9.17) is 4.74 Å². The van der Waals surface area contributed by atoms with Gasteiger partial charge in [0.1, 0.15) is 5.75 Å². The largest absolute Gasteiger partial charge is 0.495 e. The summed E-state index contributed by atoms with van der Waals surface area (Å²) in [5, 5.41) is 2.58. The predicted molar refractivity (Wildman–Crippen MR) is 130 cm³/mol. The van der Waals surface area contributed by atoms with E-state index in [0.717, 1.165) is 5.56 Å². The van der Waals surface area contributed by atoms with Gasteiger partial charge >= 0.3 is 0 Å². The van der Waals surface area contributed by atoms with Crippen LogP contribution < -0.4 is 14.8 Å². The summed E-state index contributed by atoms with van der Waals surface area (Å²) in [6.45, 7) is 2.60. The molecular weight excluding hydrogens is 454 g/mol. The Morgan fingerprint density at radius 3 is 2.35 bits per heavy atom. The predicted octanol–water partition coefficient (Wildman–Crippen LogP) is 3.27. The number of sulfonamides is 1. The van der Waals surface area contributed by atoms with E-state index in [2.05, 4.69) is 10.0 Å². The zero-order chi connectivity index (χ0) is 24.6. The van der Waals surface area contributed by atoms with Crippen molar-refractivity contribution in [2.45, 2.75) is 18.4 Å². The fourth-order valence-corrected chi connectivity index (χ4v) is 4.40. The number of nitrogens with zero attached hydrogens (tertiary/aromatic N) is 1. The molecule has 2 N–H and O–H groups in total. The highest BCUT2D eigenvalue weighted by Gasteiger charge is 2.19. The van der Waals surface area contributed by atoms with Crippen LogP contribution in [0, 0.1) is 0 Å². The van der Waals surface area contributed by atoms with Gasteiger partial charge in [0.25, 0.3) is 15.9 Å². The van der Waals surface area contributed by atoms with E-state index < -0.39 is 15.9 Å². The smallest absolute Gasteiger partial charge is 0.262 e. The van der Waals surface area contributed by atoms with Crippen molar-refractivity contribution >= 4 is 27.5 Å². The molecule has 0 bridgehead atoms. The fraction of sp³-hybridized carbons (Fsp3) is 0.200. The molecule has 8 nitrogen and oxygen atoms in total. The molecule has 0 unspecified atom stereocenters. The van der Waals surface area contributed by atoms with Crippen molar-refractivity contribution in [3.05, 3.63) is 90.0 Å². The molecule has 0 aliphatic heterocycles. The summed E-state index contributed by atoms with van der Waals surface area (Å²) in [4.78, 5) is 26.8. The van der Waals surface area contributed by atoms with Gasteiger partial charge < -0.3 is 15.0 Å². The van der Waals surface area contributed by atoms with Gasteiger partial charge in [-0.2, -0.15) is 0 Å². The van der Waals surface area contributed by atoms with Gasteiger partial charge in [-0.3, -0.25) is 14.3 Å². The number of carbonyl (C=O) groups excluding carboxylic acids is 2. The Morgan fingerprint density at radius 2 is 1.65 bits per heavy atom. The summed E-state index contributed by atoms with van der Waals surface area (Å²) in [5.41, 5.74) is 1.40. The number of hydrogen-bond donors (Lipinski definition) is 2. The number of ether oxygens (including phenoxy) is 1. The number of methoxy groups -OCH3 is 1. The number of carbonyl (C=O) groups is 2. The van der Waals surface area contributed by atoms with Crippen molar-refractivity contribution in [2.24, 2.45) is 0 Å². The molecule has 0 aromatic heterocycles. The fourth-order valence-electron chi connectivity index (χ4n) is 3.29. The van der Waals surface area contributed by atoms with Gasteiger partial charge in [0.2, 0.25) is 5.91 Å². The molecule has 0 spiro atoms. The van der Waals surface area contributed by atoms with Gasteiger partial charge in [-0.15, -0.1) is 0 Å². The van der Waals surface area contributed by atoms with Crippen LogP contribution in [0.15, 0.2) is 83.8 Å². The minimum Gasteiger partial charge on any atom is -0.495 e. The summed E-state index contributed by atoms with van der Waals surface area (Å²) in [6.07, 6.45) is 0. The maximum absolute atomic E-state index is 12.9. The monoisotopic (exact) mass is 481 g/mol. The van der Waals surface area contributed by atoms with Crippen LogP contribution in [0.3, 0.4) is 0 Å². The maximum atomic E-state index is 12.9. The average molecular weight is 482 g/mol. The lowest BCUT2D eigenvalue weighted by molar-refractivity contribution is -0.130. The normalized spacial score (nSPS) is 10.9. The van der Waals surface area contributed by atoms with E-state index in [1.807, 2.05) is 37.3 Å². The Balaban J connectivity index is 1.66. The molecule has 2 amide bonds. The third-order valence-corrected chi connectivity index (χ3v) is 6.47. The number of nitrogens with one attached hydrogen (secondary N) is 2. The standard InChI is InChI=1S/C25H27N3O5S/c1-3-28(18-19-10-5-4-6-11-19)24(29)17-26-25(30)20-12-9-13-21(16-20)34(31,32)27-22-14-7-8-15-23(22)33-2/h4-16,27H,3,17-18H2,1-2H3,(H,26,30). The minimum atomic E-state index is -3.97. The average Bonchev–Trinajstić information content (AvgIpc) is 2.86. The van der Waals surface area contributed by atoms with Crippen LogP contribution in [0.25, 0.3) is 0 Å². The summed E-state index contributed by atoms with van der Waals surface area (Å²) < 4.78 is 33.4. The van der Waals surface area contributed by atoms with Crippen molar-refractivity contribution in [2.75, 3.05) is 24.9 Å². The number of anilines is 1. The molecule has 0 aliphatic rings. The second-order valence-electron chi connectivity index (χ2n) is 7.41. The molecule has 3 aromatic rings. The van der Waals surface area contributed by atoms with Gasteiger partial charge in [-0.05, 0) is 42.8 Å². The quantitative estimate of drug-likeness (QED) is 0.462. The topological polar surface area (TPSA) is 105 Å². The Bertz CT molecular complexity index is 1250. The van der Waals surface area contributed by atoms with Gasteiger partial charge in [-0.25, -0.2) is 8.42 Å². The van der Waals surface area contributed by atoms with E-state index in [1.54, 1.807) is 29.2 Å². The van der Waals surface area contributed by atoms with E-state index in [9.17, 15) is 18.0 Å². The first-order valence-electron chi connectivity index (χ1n) is 10.7. The lowest BCUT2D eigenvalue weighted by Crippen LogP contribution is -2.39. The molecule has 9 heteroatoms. The van der Waals surface area contributed by atoms with Crippen molar-refractivity contribution in [1.82, 2.24) is 10.2 Å². The van der Waals surface area contributed by atoms with Crippen LogP contribution in [-0.2, 0) is 21.4 Å². The van der Waals surface area contributed by atoms with Crippen molar-refractivity contribution in [3.63, 3.8) is 0 Å². The zero-order valence-corrected chi connectivity index (χ0v) is 19.8. The third kappa shape index (κ3) is 6.35. The van der Waals surface area contributed by atoms with E-state index >= 15 is 0 Å². The SMILES string of the molecule is CCN(Cc1ccccc1)C(=O)CNC(=O)c1cccc(S(=O)(=O)Nc2ccccc2OC)c1. The molecule has 0 atom stereocenters. The molecule has 34 heavy (non-hydrogen) atoms. The van der Waals surface area contributed by atoms with Crippen molar-refractivity contribution in [3.8, 4) is 5.75 Å². The summed E-state index contributed by atoms with van der Waals surface area (Å²) in [6, 6.07) is 21.8. The highest BCUT2D eigenvalue weighted by atomic mass is 32.2. The molecule has 0 aliphatic carbocycles. The van der Waals surface area contributed by atoms with Gasteiger partial charge in [-0.1, -0.05) is 48.5 Å². The first-order chi connectivity index (χ1) is 16.3. The number of rotatable bonds is 10. The minimum absolute atomic E-state index is 0.0864. The van der Waals surface area contributed by atoms with Gasteiger partial charge in [0, 0.05) is 18.7 Å². The Morgan fingerprint density at radius 1 is 0.941 bits per heavy atom. The zero-order valence-electron chi connectivity index (χ0n) is 19.0. The second kappa shape index (κ2) is 11.3. The first kappa shape index (κ1) is 24.8. The number of likely N-dealkylation sites (N-methyl/N-ethyl adjacent to an activating group) is 1. The summed E-state index contributed by atoms with van der Waals surface area (Å²) in [5.74, 6) is -0.408. The molecular formula is C25H27N3O5S. The highest BCUT2D eigenvalue weighted by Crippen LogP contribution is 2.26.